The summed E-state index contributed by atoms with van der Waals surface area (Å²) in [5.74, 6) is 0. The lowest BCUT2D eigenvalue weighted by molar-refractivity contribution is 0.125. The van der Waals surface area contributed by atoms with Gasteiger partial charge in [0.15, 0.2) is 0 Å². The molecule has 0 saturated carbocycles. The number of nitrogens with zero attached hydrogens (tertiary/aromatic N) is 1. The number of rotatable bonds is 1. The molecule has 2 atom stereocenters. The predicted octanol–water partition coefficient (Wildman–Crippen LogP) is -0.157. The zero-order chi connectivity index (χ0) is 5.28. The van der Waals surface area contributed by atoms with Crippen molar-refractivity contribution >= 4 is 9.39 Å². The summed E-state index contributed by atoms with van der Waals surface area (Å²) < 4.78 is 2.07. The Bertz CT molecular complexity index is 66.7. The molecule has 0 spiro atoms. The van der Waals surface area contributed by atoms with Crippen LogP contribution in [0.3, 0.4) is 0 Å². The summed E-state index contributed by atoms with van der Waals surface area (Å²) in [5, 5.41) is 8.50. The molecular formula is C4H10NOP. The van der Waals surface area contributed by atoms with Gasteiger partial charge < -0.3 is 5.11 Å². The molecule has 1 N–H and O–H groups in total. The summed E-state index contributed by atoms with van der Waals surface area (Å²) in [6, 6.07) is 0.435. The molecule has 7 heavy (non-hydrogen) atoms. The van der Waals surface area contributed by atoms with Gasteiger partial charge in [0.25, 0.3) is 0 Å². The lowest BCUT2D eigenvalue weighted by Crippen LogP contribution is -2.42. The van der Waals surface area contributed by atoms with E-state index in [-0.39, 0.29) is 0 Å². The molecule has 0 amide bonds. The highest BCUT2D eigenvalue weighted by Crippen LogP contribution is 2.19. The number of aliphatic hydroxyl groups excluding tert-OH is 1. The second-order valence-corrected chi connectivity index (χ2v) is 2.53. The summed E-state index contributed by atoms with van der Waals surface area (Å²) in [7, 11) is 2.58. The molecule has 1 aliphatic rings. The molecule has 0 radical (unpaired) electrons. The number of hydrogen-bond donors (Lipinski definition) is 1. The fraction of sp³-hybridized carbons (Fsp3) is 1.00. The predicted molar refractivity (Wildman–Crippen MR) is 31.9 cm³/mol. The van der Waals surface area contributed by atoms with E-state index in [9.17, 15) is 0 Å². The molecule has 3 heteroatoms. The van der Waals surface area contributed by atoms with Crippen LogP contribution in [0.1, 0.15) is 6.42 Å². The minimum absolute atomic E-state index is 0.309. The van der Waals surface area contributed by atoms with Crippen molar-refractivity contribution in [2.45, 2.75) is 12.5 Å². The van der Waals surface area contributed by atoms with Gasteiger partial charge in [0.1, 0.15) is 0 Å². The molecule has 0 aliphatic carbocycles. The van der Waals surface area contributed by atoms with Crippen LogP contribution in [0.4, 0.5) is 0 Å². The maximum atomic E-state index is 8.50. The molecule has 2 nitrogen and oxygen atoms in total. The molecular weight excluding hydrogens is 109 g/mol. The van der Waals surface area contributed by atoms with Gasteiger partial charge >= 0.3 is 0 Å². The first kappa shape index (κ1) is 5.49. The van der Waals surface area contributed by atoms with Gasteiger partial charge in [0.2, 0.25) is 0 Å². The highest BCUT2D eigenvalue weighted by molar-refractivity contribution is 7.13. The maximum absolute atomic E-state index is 8.50. The van der Waals surface area contributed by atoms with Gasteiger partial charge in [0, 0.05) is 12.6 Å². The molecule has 0 aromatic rings. The van der Waals surface area contributed by atoms with Crippen molar-refractivity contribution in [1.82, 2.24) is 4.67 Å². The van der Waals surface area contributed by atoms with Crippen molar-refractivity contribution in [3.63, 3.8) is 0 Å². The first-order valence-corrected chi connectivity index (χ1v) is 2.98. The Balaban J connectivity index is 2.16. The normalized spacial score (nSPS) is 32.6. The second-order valence-electron chi connectivity index (χ2n) is 1.86. The second kappa shape index (κ2) is 2.08. The van der Waals surface area contributed by atoms with Crippen LogP contribution < -0.4 is 0 Å². The van der Waals surface area contributed by atoms with Crippen molar-refractivity contribution in [3.05, 3.63) is 0 Å². The smallest absolute Gasteiger partial charge is 0.0590 e. The van der Waals surface area contributed by atoms with Crippen molar-refractivity contribution in [3.8, 4) is 0 Å². The number of aliphatic hydroxyl groups is 1. The average molecular weight is 119 g/mol. The van der Waals surface area contributed by atoms with E-state index in [2.05, 4.69) is 14.1 Å². The molecule has 0 aromatic carbocycles. The largest absolute Gasteiger partial charge is 0.395 e. The molecule has 42 valence electrons. The van der Waals surface area contributed by atoms with Crippen molar-refractivity contribution in [2.75, 3.05) is 13.2 Å². The van der Waals surface area contributed by atoms with Gasteiger partial charge in [-0.05, 0) is 6.42 Å². The standard InChI is InChI=1S/C4H10NOP/c6-3-4-1-2-5(4)7/h4,6H,1-3,7H2. The fourth-order valence-electron chi connectivity index (χ4n) is 0.657. The molecule has 0 bridgehead atoms. The van der Waals surface area contributed by atoms with Gasteiger partial charge in [-0.15, -0.1) is 0 Å². The van der Waals surface area contributed by atoms with Crippen LogP contribution in [-0.4, -0.2) is 29.0 Å². The van der Waals surface area contributed by atoms with Crippen LogP contribution in [0.15, 0.2) is 0 Å². The van der Waals surface area contributed by atoms with Crippen molar-refractivity contribution < 1.29 is 5.11 Å². The van der Waals surface area contributed by atoms with Crippen LogP contribution >= 0.6 is 9.39 Å². The van der Waals surface area contributed by atoms with Crippen LogP contribution in [0.2, 0.25) is 0 Å². The van der Waals surface area contributed by atoms with Gasteiger partial charge in [-0.2, -0.15) is 0 Å². The molecule has 1 fully saturated rings. The van der Waals surface area contributed by atoms with E-state index >= 15 is 0 Å². The SMILES string of the molecule is OCC1CCN1P. The van der Waals surface area contributed by atoms with E-state index in [1.54, 1.807) is 0 Å². The summed E-state index contributed by atoms with van der Waals surface area (Å²) in [6.45, 7) is 1.43. The molecule has 2 unspecified atom stereocenters. The highest BCUT2D eigenvalue weighted by Gasteiger charge is 2.22. The van der Waals surface area contributed by atoms with E-state index in [0.29, 0.717) is 12.6 Å². The summed E-state index contributed by atoms with van der Waals surface area (Å²) in [5.41, 5.74) is 0. The zero-order valence-corrected chi connectivity index (χ0v) is 5.33. The van der Waals surface area contributed by atoms with Crippen LogP contribution in [0.25, 0.3) is 0 Å². The summed E-state index contributed by atoms with van der Waals surface area (Å²) >= 11 is 0. The first-order chi connectivity index (χ1) is 3.34. The van der Waals surface area contributed by atoms with Gasteiger partial charge in [-0.25, -0.2) is 0 Å². The third-order valence-corrected chi connectivity index (χ3v) is 2.08. The Kier molecular flexibility index (Phi) is 1.63. The molecule has 1 heterocycles. The Morgan fingerprint density at radius 3 is 2.57 bits per heavy atom. The molecule has 1 saturated heterocycles. The van der Waals surface area contributed by atoms with Crippen LogP contribution in [0.5, 0.6) is 0 Å². The molecule has 1 aliphatic heterocycles. The lowest BCUT2D eigenvalue weighted by atomic mass is 10.1. The monoisotopic (exact) mass is 119 g/mol. The Labute approximate surface area is 45.8 Å². The fourth-order valence-corrected chi connectivity index (χ4v) is 1.05. The first-order valence-electron chi connectivity index (χ1n) is 2.47. The van der Waals surface area contributed by atoms with Gasteiger partial charge in [-0.3, -0.25) is 4.67 Å². The average Bonchev–Trinajstić information content (AvgIpc) is 1.65. The van der Waals surface area contributed by atoms with Crippen LogP contribution in [0, 0.1) is 0 Å². The topological polar surface area (TPSA) is 23.5 Å². The minimum Gasteiger partial charge on any atom is -0.395 e. The highest BCUT2D eigenvalue weighted by atomic mass is 31.0. The van der Waals surface area contributed by atoms with E-state index in [1.165, 1.54) is 0 Å². The Morgan fingerprint density at radius 2 is 2.57 bits per heavy atom. The Hall–Kier alpha value is 0.350. The third kappa shape index (κ3) is 0.933. The summed E-state index contributed by atoms with van der Waals surface area (Å²) in [4.78, 5) is 0. The maximum Gasteiger partial charge on any atom is 0.0590 e. The van der Waals surface area contributed by atoms with Crippen molar-refractivity contribution in [1.29, 1.82) is 0 Å². The zero-order valence-electron chi connectivity index (χ0n) is 4.17. The van der Waals surface area contributed by atoms with E-state index in [4.69, 9.17) is 5.11 Å². The van der Waals surface area contributed by atoms with Crippen molar-refractivity contribution in [2.24, 2.45) is 0 Å². The minimum atomic E-state index is 0.309. The summed E-state index contributed by atoms with van der Waals surface area (Å²) in [6.07, 6.45) is 1.15. The van der Waals surface area contributed by atoms with E-state index in [0.717, 1.165) is 13.0 Å². The van der Waals surface area contributed by atoms with Gasteiger partial charge in [0.05, 0.1) is 6.61 Å². The molecule has 1 rings (SSSR count). The molecule has 0 aromatic heterocycles. The van der Waals surface area contributed by atoms with E-state index < -0.39 is 0 Å². The number of hydrogen-bond acceptors (Lipinski definition) is 2. The Morgan fingerprint density at radius 1 is 1.86 bits per heavy atom. The van der Waals surface area contributed by atoms with Gasteiger partial charge in [-0.1, -0.05) is 9.39 Å². The third-order valence-electron chi connectivity index (χ3n) is 1.40. The van der Waals surface area contributed by atoms with E-state index in [1.807, 2.05) is 0 Å². The quantitative estimate of drug-likeness (QED) is 0.485. The lowest BCUT2D eigenvalue weighted by Gasteiger charge is -2.35. The van der Waals surface area contributed by atoms with Crippen LogP contribution in [-0.2, 0) is 0 Å².